The van der Waals surface area contributed by atoms with Gasteiger partial charge in [-0.2, -0.15) is 4.37 Å². The van der Waals surface area contributed by atoms with Crippen molar-refractivity contribution in [3.8, 4) is 11.3 Å². The van der Waals surface area contributed by atoms with Crippen molar-refractivity contribution >= 4 is 28.0 Å². The number of anilines is 1. The Balaban J connectivity index is 2.57. The predicted molar refractivity (Wildman–Crippen MR) is 57.1 cm³/mol. The van der Waals surface area contributed by atoms with Gasteiger partial charge in [-0.05, 0) is 25.4 Å². The van der Waals surface area contributed by atoms with Gasteiger partial charge in [0.05, 0.1) is 11.4 Å². The smallest absolute Gasteiger partial charge is 0.180 e. The zero-order valence-corrected chi connectivity index (χ0v) is 9.00. The molecule has 0 spiro atoms. The molecule has 2 heterocycles. The van der Waals surface area contributed by atoms with Gasteiger partial charge >= 0.3 is 0 Å². The third kappa shape index (κ3) is 1.45. The van der Waals surface area contributed by atoms with E-state index in [9.17, 15) is 0 Å². The zero-order chi connectivity index (χ0) is 9.42. The fourth-order valence-electron chi connectivity index (χ4n) is 1.25. The van der Waals surface area contributed by atoms with E-state index in [0.29, 0.717) is 5.13 Å². The largest absolute Gasteiger partial charge is 0.375 e. The molecule has 0 aromatic carbocycles. The maximum Gasteiger partial charge on any atom is 0.180 e. The number of aryl methyl sites for hydroxylation is 2. The molecule has 0 aliphatic rings. The molecule has 0 atom stereocenters. The van der Waals surface area contributed by atoms with Crippen molar-refractivity contribution in [2.45, 2.75) is 13.8 Å². The first-order valence-electron chi connectivity index (χ1n) is 3.82. The van der Waals surface area contributed by atoms with E-state index in [1.54, 1.807) is 0 Å². The summed E-state index contributed by atoms with van der Waals surface area (Å²) in [4.78, 5) is 5.43. The minimum absolute atomic E-state index is 0.611. The summed E-state index contributed by atoms with van der Waals surface area (Å²) in [6, 6.07) is 0. The summed E-state index contributed by atoms with van der Waals surface area (Å²) in [5, 5.41) is 2.58. The number of nitrogens with two attached hydrogens (primary N) is 1. The monoisotopic (exact) mass is 211 g/mol. The van der Waals surface area contributed by atoms with Gasteiger partial charge in [0.1, 0.15) is 0 Å². The summed E-state index contributed by atoms with van der Waals surface area (Å²) >= 11 is 2.97. The average Bonchev–Trinajstić information content (AvgIpc) is 2.60. The second kappa shape index (κ2) is 3.08. The van der Waals surface area contributed by atoms with E-state index in [1.807, 2.05) is 12.3 Å². The van der Waals surface area contributed by atoms with Crippen LogP contribution in [0.2, 0.25) is 0 Å². The molecule has 68 valence electrons. The summed E-state index contributed by atoms with van der Waals surface area (Å²) in [5.41, 5.74) is 8.70. The van der Waals surface area contributed by atoms with Crippen LogP contribution in [0.25, 0.3) is 11.3 Å². The van der Waals surface area contributed by atoms with Gasteiger partial charge in [-0.15, -0.1) is 11.3 Å². The van der Waals surface area contributed by atoms with Crippen molar-refractivity contribution in [2.75, 3.05) is 5.73 Å². The first-order chi connectivity index (χ1) is 6.18. The molecule has 2 aromatic heterocycles. The third-order valence-electron chi connectivity index (χ3n) is 1.81. The van der Waals surface area contributed by atoms with Gasteiger partial charge in [-0.3, -0.25) is 0 Å². The Labute approximate surface area is 84.4 Å². The molecular weight excluding hydrogens is 202 g/mol. The van der Waals surface area contributed by atoms with Crippen LogP contribution in [-0.2, 0) is 0 Å². The van der Waals surface area contributed by atoms with Crippen LogP contribution in [0.5, 0.6) is 0 Å². The first kappa shape index (κ1) is 8.65. The Morgan fingerprint density at radius 2 is 2.15 bits per heavy atom. The van der Waals surface area contributed by atoms with Gasteiger partial charge in [0, 0.05) is 15.8 Å². The van der Waals surface area contributed by atoms with Gasteiger partial charge in [0.15, 0.2) is 5.13 Å². The highest BCUT2D eigenvalue weighted by molar-refractivity contribution is 7.13. The standard InChI is InChI=1S/C8H9N3S2/c1-4-7(5(2)13-11-4)6-3-12-8(9)10-6/h3H,1-2H3,(H2,9,10). The van der Waals surface area contributed by atoms with Crippen molar-refractivity contribution < 1.29 is 0 Å². The maximum atomic E-state index is 5.58. The normalized spacial score (nSPS) is 10.6. The van der Waals surface area contributed by atoms with E-state index < -0.39 is 0 Å². The first-order valence-corrected chi connectivity index (χ1v) is 5.48. The van der Waals surface area contributed by atoms with Crippen molar-refractivity contribution in [2.24, 2.45) is 0 Å². The lowest BCUT2D eigenvalue weighted by Gasteiger charge is -1.93. The fourth-order valence-corrected chi connectivity index (χ4v) is 2.51. The molecule has 2 rings (SSSR count). The van der Waals surface area contributed by atoms with Crippen LogP contribution < -0.4 is 5.73 Å². The van der Waals surface area contributed by atoms with E-state index >= 15 is 0 Å². The van der Waals surface area contributed by atoms with Crippen molar-refractivity contribution in [3.63, 3.8) is 0 Å². The summed E-state index contributed by atoms with van der Waals surface area (Å²) in [5.74, 6) is 0. The Bertz CT molecular complexity index is 411. The second-order valence-corrected chi connectivity index (χ2v) is 4.64. The third-order valence-corrected chi connectivity index (χ3v) is 3.33. The summed E-state index contributed by atoms with van der Waals surface area (Å²) < 4.78 is 4.27. The predicted octanol–water partition coefficient (Wildman–Crippen LogP) is 2.47. The summed E-state index contributed by atoms with van der Waals surface area (Å²) in [6.45, 7) is 4.05. The number of nitrogen functional groups attached to an aromatic ring is 1. The van der Waals surface area contributed by atoms with Crippen LogP contribution in [0, 0.1) is 13.8 Å². The molecule has 2 aromatic rings. The number of nitrogens with zero attached hydrogens (tertiary/aromatic N) is 2. The van der Waals surface area contributed by atoms with Gasteiger partial charge in [-0.1, -0.05) is 0 Å². The van der Waals surface area contributed by atoms with Crippen LogP contribution in [0.1, 0.15) is 10.6 Å². The van der Waals surface area contributed by atoms with Crippen LogP contribution in [0.4, 0.5) is 5.13 Å². The molecule has 5 heteroatoms. The lowest BCUT2D eigenvalue weighted by Crippen LogP contribution is -1.84. The molecule has 0 saturated carbocycles. The minimum atomic E-state index is 0.611. The topological polar surface area (TPSA) is 51.8 Å². The van der Waals surface area contributed by atoms with E-state index in [-0.39, 0.29) is 0 Å². The van der Waals surface area contributed by atoms with Crippen LogP contribution in [-0.4, -0.2) is 9.36 Å². The van der Waals surface area contributed by atoms with Crippen LogP contribution in [0.3, 0.4) is 0 Å². The van der Waals surface area contributed by atoms with E-state index in [0.717, 1.165) is 17.0 Å². The lowest BCUT2D eigenvalue weighted by molar-refractivity contribution is 1.31. The molecule has 0 aliphatic carbocycles. The van der Waals surface area contributed by atoms with Crippen LogP contribution in [0.15, 0.2) is 5.38 Å². The van der Waals surface area contributed by atoms with Crippen molar-refractivity contribution in [1.29, 1.82) is 0 Å². The Morgan fingerprint density at radius 3 is 2.62 bits per heavy atom. The number of thiazole rings is 1. The number of rotatable bonds is 1. The zero-order valence-electron chi connectivity index (χ0n) is 7.37. The Hall–Kier alpha value is -0.940. The van der Waals surface area contributed by atoms with Crippen molar-refractivity contribution in [1.82, 2.24) is 9.36 Å². The number of aromatic nitrogens is 2. The quantitative estimate of drug-likeness (QED) is 0.788. The van der Waals surface area contributed by atoms with E-state index in [2.05, 4.69) is 16.3 Å². The molecule has 0 bridgehead atoms. The molecule has 3 nitrogen and oxygen atoms in total. The molecule has 0 fully saturated rings. The second-order valence-electron chi connectivity index (χ2n) is 2.77. The van der Waals surface area contributed by atoms with E-state index in [1.165, 1.54) is 27.7 Å². The molecule has 0 amide bonds. The van der Waals surface area contributed by atoms with Gasteiger partial charge in [0.2, 0.25) is 0 Å². The van der Waals surface area contributed by atoms with Gasteiger partial charge in [0.25, 0.3) is 0 Å². The Kier molecular flexibility index (Phi) is 2.05. The van der Waals surface area contributed by atoms with Gasteiger partial charge in [-0.25, -0.2) is 4.98 Å². The van der Waals surface area contributed by atoms with Gasteiger partial charge < -0.3 is 5.73 Å². The molecule has 0 unspecified atom stereocenters. The molecular formula is C8H9N3S2. The van der Waals surface area contributed by atoms with E-state index in [4.69, 9.17) is 5.73 Å². The molecule has 2 N–H and O–H groups in total. The highest BCUT2D eigenvalue weighted by atomic mass is 32.1. The molecule has 13 heavy (non-hydrogen) atoms. The summed E-state index contributed by atoms with van der Waals surface area (Å²) in [6.07, 6.45) is 0. The maximum absolute atomic E-state index is 5.58. The highest BCUT2D eigenvalue weighted by Crippen LogP contribution is 2.30. The molecule has 0 saturated heterocycles. The minimum Gasteiger partial charge on any atom is -0.375 e. The summed E-state index contributed by atoms with van der Waals surface area (Å²) in [7, 11) is 0. The number of hydrogen-bond donors (Lipinski definition) is 1. The average molecular weight is 211 g/mol. The fraction of sp³-hybridized carbons (Fsp3) is 0.250. The van der Waals surface area contributed by atoms with Crippen LogP contribution >= 0.6 is 22.9 Å². The Morgan fingerprint density at radius 1 is 1.38 bits per heavy atom. The number of hydrogen-bond acceptors (Lipinski definition) is 5. The SMILES string of the molecule is Cc1nsc(C)c1-c1csc(N)n1. The molecule has 0 radical (unpaired) electrons. The lowest BCUT2D eigenvalue weighted by atomic mass is 10.2. The van der Waals surface area contributed by atoms with Crippen molar-refractivity contribution in [3.05, 3.63) is 16.0 Å². The highest BCUT2D eigenvalue weighted by Gasteiger charge is 2.11. The molecule has 0 aliphatic heterocycles.